The molecule has 0 saturated heterocycles. The summed E-state index contributed by atoms with van der Waals surface area (Å²) in [6, 6.07) is 0. The molecule has 1 aromatic heterocycles. The number of hydrogen-bond donors (Lipinski definition) is 1. The van der Waals surface area contributed by atoms with Crippen molar-refractivity contribution in [1.29, 1.82) is 0 Å². The van der Waals surface area contributed by atoms with Gasteiger partial charge in [-0.2, -0.15) is 0 Å². The number of thioether (sulfide) groups is 1. The van der Waals surface area contributed by atoms with Gasteiger partial charge in [-0.1, -0.05) is 11.8 Å². The maximum Gasteiger partial charge on any atom is 0.187 e. The zero-order valence-corrected chi connectivity index (χ0v) is 8.34. The number of nitrogens with zero attached hydrogens (tertiary/aromatic N) is 2. The van der Waals surface area contributed by atoms with Crippen molar-refractivity contribution in [2.24, 2.45) is 0 Å². The third kappa shape index (κ3) is 1.56. The minimum Gasteiger partial charge on any atom is -0.395 e. The molecular formula is C9H12N2OS. The highest BCUT2D eigenvalue weighted by atomic mass is 32.2. The summed E-state index contributed by atoms with van der Waals surface area (Å²) in [6.45, 7) is 0.217. The first-order valence-corrected chi connectivity index (χ1v) is 5.50. The van der Waals surface area contributed by atoms with Gasteiger partial charge in [0.05, 0.1) is 6.61 Å². The van der Waals surface area contributed by atoms with Gasteiger partial charge in [-0.25, -0.2) is 9.97 Å². The fourth-order valence-electron chi connectivity index (χ4n) is 1.38. The van der Waals surface area contributed by atoms with Crippen LogP contribution in [0.2, 0.25) is 0 Å². The van der Waals surface area contributed by atoms with Crippen LogP contribution in [-0.4, -0.2) is 27.9 Å². The lowest BCUT2D eigenvalue weighted by atomic mass is 10.0. The predicted molar refractivity (Wildman–Crippen MR) is 51.8 cm³/mol. The number of aliphatic hydroxyl groups excluding tert-OH is 1. The largest absolute Gasteiger partial charge is 0.395 e. The van der Waals surface area contributed by atoms with E-state index in [2.05, 4.69) is 9.97 Å². The summed E-state index contributed by atoms with van der Waals surface area (Å²) in [7, 11) is 0. The molecule has 0 spiro atoms. The summed E-state index contributed by atoms with van der Waals surface area (Å²) in [6.07, 6.45) is 7.75. The molecule has 3 nitrogen and oxygen atoms in total. The summed E-state index contributed by atoms with van der Waals surface area (Å²) in [5.74, 6) is 0. The van der Waals surface area contributed by atoms with Gasteiger partial charge in [0.2, 0.25) is 0 Å². The second-order valence-corrected chi connectivity index (χ2v) is 4.17. The molecule has 0 bridgehead atoms. The first kappa shape index (κ1) is 8.97. The first-order chi connectivity index (χ1) is 6.30. The van der Waals surface area contributed by atoms with Crippen molar-refractivity contribution in [2.45, 2.75) is 23.4 Å². The number of aliphatic hydroxyl groups is 1. The molecule has 0 aliphatic heterocycles. The van der Waals surface area contributed by atoms with Crippen molar-refractivity contribution >= 4 is 11.8 Å². The van der Waals surface area contributed by atoms with Gasteiger partial charge in [0.25, 0.3) is 0 Å². The van der Waals surface area contributed by atoms with Crippen LogP contribution in [0.1, 0.15) is 18.4 Å². The van der Waals surface area contributed by atoms with E-state index in [-0.39, 0.29) is 12.0 Å². The highest BCUT2D eigenvalue weighted by molar-refractivity contribution is 7.98. The van der Waals surface area contributed by atoms with Crippen LogP contribution in [0, 0.1) is 0 Å². The zero-order chi connectivity index (χ0) is 9.31. The number of hydrogen-bond acceptors (Lipinski definition) is 4. The Morgan fingerprint density at radius 1 is 1.46 bits per heavy atom. The average molecular weight is 196 g/mol. The van der Waals surface area contributed by atoms with Crippen LogP contribution in [0.15, 0.2) is 17.6 Å². The monoisotopic (exact) mass is 196 g/mol. The van der Waals surface area contributed by atoms with Crippen LogP contribution in [0.25, 0.3) is 0 Å². The van der Waals surface area contributed by atoms with E-state index in [9.17, 15) is 5.11 Å². The second-order valence-electron chi connectivity index (χ2n) is 3.40. The molecule has 0 amide bonds. The van der Waals surface area contributed by atoms with Crippen LogP contribution in [0.3, 0.4) is 0 Å². The second kappa shape index (κ2) is 3.27. The SMILES string of the molecule is CSc1ncc(C2(CO)CC2)cn1. The molecule has 1 saturated carbocycles. The van der Waals surface area contributed by atoms with Crippen molar-refractivity contribution in [2.75, 3.05) is 12.9 Å². The Kier molecular flexibility index (Phi) is 2.26. The quantitative estimate of drug-likeness (QED) is 0.583. The Bertz CT molecular complexity index is 295. The third-order valence-electron chi connectivity index (χ3n) is 2.58. The molecule has 0 aromatic carbocycles. The van der Waals surface area contributed by atoms with Gasteiger partial charge in [0.1, 0.15) is 0 Å². The Balaban J connectivity index is 2.23. The number of aromatic nitrogens is 2. The summed E-state index contributed by atoms with van der Waals surface area (Å²) >= 11 is 1.53. The van der Waals surface area contributed by atoms with Crippen LogP contribution >= 0.6 is 11.8 Å². The molecule has 0 atom stereocenters. The maximum absolute atomic E-state index is 9.18. The van der Waals surface area contributed by atoms with E-state index in [1.807, 2.05) is 18.6 Å². The van der Waals surface area contributed by atoms with Crippen molar-refractivity contribution in [1.82, 2.24) is 9.97 Å². The molecule has 0 unspecified atom stereocenters. The minimum absolute atomic E-state index is 0.00304. The summed E-state index contributed by atoms with van der Waals surface area (Å²) in [4.78, 5) is 8.38. The van der Waals surface area contributed by atoms with Gasteiger partial charge in [0.15, 0.2) is 5.16 Å². The van der Waals surface area contributed by atoms with Crippen LogP contribution in [-0.2, 0) is 5.41 Å². The molecular weight excluding hydrogens is 184 g/mol. The predicted octanol–water partition coefficient (Wildman–Crippen LogP) is 1.22. The molecule has 4 heteroatoms. The van der Waals surface area contributed by atoms with Crippen molar-refractivity contribution in [3.05, 3.63) is 18.0 Å². The van der Waals surface area contributed by atoms with Crippen molar-refractivity contribution in [3.63, 3.8) is 0 Å². The molecule has 13 heavy (non-hydrogen) atoms. The maximum atomic E-state index is 9.18. The van der Waals surface area contributed by atoms with Crippen LogP contribution in [0.5, 0.6) is 0 Å². The fourth-order valence-corrected chi connectivity index (χ4v) is 1.70. The van der Waals surface area contributed by atoms with E-state index >= 15 is 0 Å². The molecule has 1 aliphatic rings. The summed E-state index contributed by atoms with van der Waals surface area (Å²) in [5, 5.41) is 9.97. The van der Waals surface area contributed by atoms with Crippen molar-refractivity contribution < 1.29 is 5.11 Å². The van der Waals surface area contributed by atoms with Gasteiger partial charge in [-0.3, -0.25) is 0 Å². The highest BCUT2D eigenvalue weighted by Gasteiger charge is 2.44. The lowest BCUT2D eigenvalue weighted by molar-refractivity contribution is 0.254. The Morgan fingerprint density at radius 3 is 2.46 bits per heavy atom. The third-order valence-corrected chi connectivity index (χ3v) is 3.16. The average Bonchev–Trinajstić information content (AvgIpc) is 2.99. The van der Waals surface area contributed by atoms with Gasteiger partial charge in [-0.05, 0) is 24.7 Å². The smallest absolute Gasteiger partial charge is 0.187 e. The Morgan fingerprint density at radius 2 is 2.08 bits per heavy atom. The van der Waals surface area contributed by atoms with Crippen LogP contribution in [0.4, 0.5) is 0 Å². The van der Waals surface area contributed by atoms with E-state index in [4.69, 9.17) is 0 Å². The molecule has 70 valence electrons. The van der Waals surface area contributed by atoms with Gasteiger partial charge in [0, 0.05) is 17.8 Å². The standard InChI is InChI=1S/C9H12N2OS/c1-13-8-10-4-7(5-11-8)9(6-12)2-3-9/h4-5,12H,2-3,6H2,1H3. The van der Waals surface area contributed by atoms with E-state index in [0.717, 1.165) is 23.6 Å². The summed E-state index contributed by atoms with van der Waals surface area (Å²) in [5.41, 5.74) is 1.07. The highest BCUT2D eigenvalue weighted by Crippen LogP contribution is 2.47. The molecule has 1 heterocycles. The van der Waals surface area contributed by atoms with Gasteiger partial charge >= 0.3 is 0 Å². The van der Waals surface area contributed by atoms with Gasteiger partial charge in [-0.15, -0.1) is 0 Å². The molecule has 0 radical (unpaired) electrons. The lowest BCUT2D eigenvalue weighted by Gasteiger charge is -2.10. The molecule has 1 N–H and O–H groups in total. The van der Waals surface area contributed by atoms with E-state index in [1.165, 1.54) is 11.8 Å². The van der Waals surface area contributed by atoms with Gasteiger partial charge < -0.3 is 5.11 Å². The normalized spacial score (nSPS) is 18.6. The van der Waals surface area contributed by atoms with Crippen molar-refractivity contribution in [3.8, 4) is 0 Å². The molecule has 1 aliphatic carbocycles. The topological polar surface area (TPSA) is 46.0 Å². The zero-order valence-electron chi connectivity index (χ0n) is 7.53. The number of rotatable bonds is 3. The van der Waals surface area contributed by atoms with E-state index in [1.54, 1.807) is 0 Å². The molecule has 2 rings (SSSR count). The summed E-state index contributed by atoms with van der Waals surface area (Å²) < 4.78 is 0. The Hall–Kier alpha value is -0.610. The lowest BCUT2D eigenvalue weighted by Crippen LogP contribution is -2.12. The molecule has 1 aromatic rings. The minimum atomic E-state index is -0.00304. The first-order valence-electron chi connectivity index (χ1n) is 4.28. The fraction of sp³-hybridized carbons (Fsp3) is 0.556. The Labute approximate surface area is 81.6 Å². The van der Waals surface area contributed by atoms with E-state index < -0.39 is 0 Å². The molecule has 1 fully saturated rings. The van der Waals surface area contributed by atoms with E-state index in [0.29, 0.717) is 0 Å². The van der Waals surface area contributed by atoms with Crippen LogP contribution < -0.4 is 0 Å².